The van der Waals surface area contributed by atoms with Crippen molar-refractivity contribution in [2.75, 3.05) is 0 Å². The van der Waals surface area contributed by atoms with Crippen LogP contribution < -0.4 is 10.6 Å². The lowest BCUT2D eigenvalue weighted by atomic mass is 9.99. The van der Waals surface area contributed by atoms with Crippen LogP contribution in [0.1, 0.15) is 52.7 Å². The molecule has 0 fully saturated rings. The summed E-state index contributed by atoms with van der Waals surface area (Å²) >= 11 is 0. The lowest BCUT2D eigenvalue weighted by molar-refractivity contribution is -0.134. The standard InChI is InChI=1S/C32H40N2O11/c1-19(2)27(25(35)21(5)33-29(37)41-17-23-13-9-7-10-14-23)43-31(39)45-32(40)44-28(20(3)4)26(36)22(6)34-30(38)42-18-24-15-11-8-12-16-24/h7-16,19-22,27-28H,17-18H2,1-6H3,(H,33,37)(H,34,38)/t21-,22-,27?,28?/m0/s1. The van der Waals surface area contributed by atoms with Gasteiger partial charge in [0.05, 0.1) is 12.1 Å². The second kappa shape index (κ2) is 18.0. The van der Waals surface area contributed by atoms with Crippen LogP contribution >= 0.6 is 0 Å². The molecule has 0 aromatic heterocycles. The third-order valence-corrected chi connectivity index (χ3v) is 6.33. The zero-order valence-electron chi connectivity index (χ0n) is 26.1. The first kappa shape index (κ1) is 36.3. The fourth-order valence-electron chi connectivity index (χ4n) is 3.89. The molecular weight excluding hydrogens is 588 g/mol. The van der Waals surface area contributed by atoms with Gasteiger partial charge in [0.2, 0.25) is 0 Å². The SMILES string of the molecule is CC(C)C(OC(=O)OC(=O)OC(C(=O)[C@H](C)NC(=O)OCc1ccccc1)C(C)C)C(=O)[C@H](C)NC(=O)OCc1ccccc1. The fraction of sp³-hybridized carbons (Fsp3) is 0.438. The smallest absolute Gasteiger partial charge is 0.445 e. The van der Waals surface area contributed by atoms with E-state index in [-0.39, 0.29) is 13.2 Å². The zero-order chi connectivity index (χ0) is 33.5. The largest absolute Gasteiger partial charge is 0.519 e. The second-order valence-electron chi connectivity index (χ2n) is 10.8. The van der Waals surface area contributed by atoms with Gasteiger partial charge >= 0.3 is 24.5 Å². The van der Waals surface area contributed by atoms with Crippen LogP contribution in [0.5, 0.6) is 0 Å². The van der Waals surface area contributed by atoms with E-state index in [4.69, 9.17) is 18.9 Å². The number of carbonyl (C=O) groups excluding carboxylic acids is 6. The van der Waals surface area contributed by atoms with Crippen LogP contribution in [0.25, 0.3) is 0 Å². The summed E-state index contributed by atoms with van der Waals surface area (Å²) in [5.41, 5.74) is 1.50. The molecule has 0 aliphatic heterocycles. The van der Waals surface area contributed by atoms with Crippen LogP contribution in [-0.2, 0) is 46.5 Å². The van der Waals surface area contributed by atoms with Gasteiger partial charge in [0.1, 0.15) is 13.2 Å². The molecule has 244 valence electrons. The maximum Gasteiger partial charge on any atom is 0.519 e. The lowest BCUT2D eigenvalue weighted by Gasteiger charge is -2.24. The minimum atomic E-state index is -1.54. The normalized spacial score (nSPS) is 13.4. The first-order valence-electron chi connectivity index (χ1n) is 14.4. The van der Waals surface area contributed by atoms with Gasteiger partial charge in [-0.15, -0.1) is 0 Å². The number of ketones is 2. The summed E-state index contributed by atoms with van der Waals surface area (Å²) in [4.78, 5) is 75.0. The van der Waals surface area contributed by atoms with E-state index in [1.165, 1.54) is 13.8 Å². The Morgan fingerprint density at radius 2 is 0.889 bits per heavy atom. The maximum atomic E-state index is 13.0. The molecule has 2 aromatic carbocycles. The highest BCUT2D eigenvalue weighted by atomic mass is 16.8. The van der Waals surface area contributed by atoms with Crippen LogP contribution in [0, 0.1) is 11.8 Å². The number of carbonyl (C=O) groups is 6. The van der Waals surface area contributed by atoms with Crippen molar-refractivity contribution >= 4 is 36.1 Å². The molecular formula is C32H40N2O11. The van der Waals surface area contributed by atoms with Gasteiger partial charge in [-0.3, -0.25) is 9.59 Å². The minimum Gasteiger partial charge on any atom is -0.445 e. The van der Waals surface area contributed by atoms with Crippen molar-refractivity contribution in [1.29, 1.82) is 0 Å². The highest BCUT2D eigenvalue weighted by Crippen LogP contribution is 2.15. The van der Waals surface area contributed by atoms with E-state index in [0.29, 0.717) is 0 Å². The quantitative estimate of drug-likeness (QED) is 0.162. The van der Waals surface area contributed by atoms with Crippen molar-refractivity contribution in [3.05, 3.63) is 71.8 Å². The number of amides is 2. The fourth-order valence-corrected chi connectivity index (χ4v) is 3.89. The third-order valence-electron chi connectivity index (χ3n) is 6.33. The molecule has 0 saturated carbocycles. The van der Waals surface area contributed by atoms with E-state index in [0.717, 1.165) is 11.1 Å². The van der Waals surface area contributed by atoms with E-state index < -0.39 is 72.2 Å². The van der Waals surface area contributed by atoms with Gasteiger partial charge in [-0.25, -0.2) is 19.2 Å². The van der Waals surface area contributed by atoms with E-state index in [1.54, 1.807) is 76.2 Å². The lowest BCUT2D eigenvalue weighted by Crippen LogP contribution is -2.47. The molecule has 0 aliphatic carbocycles. The van der Waals surface area contributed by atoms with Gasteiger partial charge in [-0.1, -0.05) is 88.4 Å². The third kappa shape index (κ3) is 12.7. The van der Waals surface area contributed by atoms with E-state index in [2.05, 4.69) is 15.4 Å². The van der Waals surface area contributed by atoms with Gasteiger partial charge in [0.25, 0.3) is 0 Å². The topological polar surface area (TPSA) is 173 Å². The van der Waals surface area contributed by atoms with Crippen LogP contribution in [0.4, 0.5) is 19.2 Å². The van der Waals surface area contributed by atoms with Crippen LogP contribution in [0.15, 0.2) is 60.7 Å². The summed E-state index contributed by atoms with van der Waals surface area (Å²) in [6, 6.07) is 15.6. The Kier molecular flexibility index (Phi) is 14.5. The zero-order valence-corrected chi connectivity index (χ0v) is 26.1. The molecule has 0 spiro atoms. The molecule has 2 N–H and O–H groups in total. The molecule has 2 unspecified atom stereocenters. The van der Waals surface area contributed by atoms with Crippen molar-refractivity contribution in [2.24, 2.45) is 11.8 Å². The number of alkyl carbamates (subject to hydrolysis) is 2. The summed E-state index contributed by atoms with van der Waals surface area (Å²) in [5.74, 6) is -2.49. The Balaban J connectivity index is 1.87. The van der Waals surface area contributed by atoms with Gasteiger partial charge in [-0.05, 0) is 36.8 Å². The number of Topliss-reactive ketones (excluding diaryl/α,β-unsaturated/α-hetero) is 2. The molecule has 2 aromatic rings. The van der Waals surface area contributed by atoms with Crippen molar-refractivity contribution < 1.29 is 52.5 Å². The maximum absolute atomic E-state index is 13.0. The van der Waals surface area contributed by atoms with Crippen LogP contribution in [-0.4, -0.2) is 60.4 Å². The highest BCUT2D eigenvalue weighted by Gasteiger charge is 2.35. The predicted molar refractivity (Wildman–Crippen MR) is 160 cm³/mol. The van der Waals surface area contributed by atoms with Crippen molar-refractivity contribution in [3.63, 3.8) is 0 Å². The summed E-state index contributed by atoms with van der Waals surface area (Å²) < 4.78 is 24.9. The first-order chi connectivity index (χ1) is 21.3. The average molecular weight is 629 g/mol. The van der Waals surface area contributed by atoms with Crippen molar-refractivity contribution in [3.8, 4) is 0 Å². The molecule has 0 bridgehead atoms. The summed E-state index contributed by atoms with van der Waals surface area (Å²) in [7, 11) is 0. The molecule has 2 rings (SSSR count). The highest BCUT2D eigenvalue weighted by molar-refractivity contribution is 5.93. The number of rotatable bonds is 14. The van der Waals surface area contributed by atoms with E-state index in [1.807, 2.05) is 12.1 Å². The molecule has 0 aliphatic rings. The molecule has 2 amide bonds. The van der Waals surface area contributed by atoms with Crippen molar-refractivity contribution in [1.82, 2.24) is 10.6 Å². The van der Waals surface area contributed by atoms with Crippen LogP contribution in [0.3, 0.4) is 0 Å². The van der Waals surface area contributed by atoms with Crippen LogP contribution in [0.2, 0.25) is 0 Å². The number of benzene rings is 2. The first-order valence-corrected chi connectivity index (χ1v) is 14.4. The summed E-state index contributed by atoms with van der Waals surface area (Å²) in [5, 5.41) is 4.76. The Bertz CT molecular complexity index is 1200. The monoisotopic (exact) mass is 628 g/mol. The molecule has 0 radical (unpaired) electrons. The van der Waals surface area contributed by atoms with Gasteiger partial charge in [0.15, 0.2) is 23.8 Å². The van der Waals surface area contributed by atoms with Crippen molar-refractivity contribution in [2.45, 2.75) is 79.0 Å². The molecule has 0 saturated heterocycles. The number of nitrogens with one attached hydrogen (secondary N) is 2. The van der Waals surface area contributed by atoms with E-state index in [9.17, 15) is 28.8 Å². The van der Waals surface area contributed by atoms with E-state index >= 15 is 0 Å². The second-order valence-corrected chi connectivity index (χ2v) is 10.8. The van der Waals surface area contributed by atoms with Gasteiger partial charge in [0, 0.05) is 0 Å². The number of hydrogen-bond acceptors (Lipinski definition) is 11. The Hall–Kier alpha value is -4.94. The van der Waals surface area contributed by atoms with Gasteiger partial charge in [-0.2, -0.15) is 0 Å². The molecule has 4 atom stereocenters. The molecule has 45 heavy (non-hydrogen) atoms. The predicted octanol–water partition coefficient (Wildman–Crippen LogP) is 5.09. The number of ether oxygens (including phenoxy) is 5. The van der Waals surface area contributed by atoms with Gasteiger partial charge < -0.3 is 34.3 Å². The average Bonchev–Trinajstić information content (AvgIpc) is 3.00. The minimum absolute atomic E-state index is 0.0147. The summed E-state index contributed by atoms with van der Waals surface area (Å²) in [6.07, 6.45) is -7.60. The molecule has 13 nitrogen and oxygen atoms in total. The molecule has 0 heterocycles. The Labute approximate surface area is 261 Å². The Morgan fingerprint density at radius 1 is 0.556 bits per heavy atom. The Morgan fingerprint density at radius 3 is 1.20 bits per heavy atom. The molecule has 13 heteroatoms. The summed E-state index contributed by atoms with van der Waals surface area (Å²) in [6.45, 7) is 9.08. The number of hydrogen-bond donors (Lipinski definition) is 2.